The van der Waals surface area contributed by atoms with E-state index in [0.717, 1.165) is 38.0 Å². The van der Waals surface area contributed by atoms with Gasteiger partial charge in [-0.05, 0) is 44.2 Å². The van der Waals surface area contributed by atoms with Gasteiger partial charge in [0.25, 0.3) is 5.91 Å². The summed E-state index contributed by atoms with van der Waals surface area (Å²) in [6, 6.07) is 4.51. The van der Waals surface area contributed by atoms with E-state index in [9.17, 15) is 4.79 Å². The number of piperidine rings is 1. The minimum atomic E-state index is -0.0617. The molecule has 1 saturated heterocycles. The smallest absolute Gasteiger partial charge is 0.269 e. The number of unbranched alkanes of at least 4 members (excludes halogenated alkanes) is 2. The van der Waals surface area contributed by atoms with E-state index in [1.165, 1.54) is 25.7 Å². The van der Waals surface area contributed by atoms with Gasteiger partial charge in [0.2, 0.25) is 0 Å². The van der Waals surface area contributed by atoms with E-state index in [1.807, 2.05) is 18.3 Å². The molecule has 1 aromatic rings. The van der Waals surface area contributed by atoms with Gasteiger partial charge < -0.3 is 10.2 Å². The Balaban J connectivity index is 1.93. The van der Waals surface area contributed by atoms with Crippen molar-refractivity contribution in [2.45, 2.75) is 64.8 Å². The van der Waals surface area contributed by atoms with Crippen LogP contribution < -0.4 is 10.2 Å². The molecule has 2 rings (SSSR count). The van der Waals surface area contributed by atoms with E-state index in [0.29, 0.717) is 11.7 Å². The molecule has 122 valence electrons. The Bertz CT molecular complexity index is 458. The fourth-order valence-electron chi connectivity index (χ4n) is 3.12. The Morgan fingerprint density at radius 2 is 2.18 bits per heavy atom. The average molecular weight is 303 g/mol. The van der Waals surface area contributed by atoms with Crippen LogP contribution >= 0.6 is 0 Å². The lowest BCUT2D eigenvalue weighted by molar-refractivity contribution is 0.0948. The molecule has 0 spiro atoms. The molecule has 22 heavy (non-hydrogen) atoms. The number of pyridine rings is 1. The number of hydrogen-bond acceptors (Lipinski definition) is 3. The van der Waals surface area contributed by atoms with Gasteiger partial charge in [0.05, 0.1) is 11.9 Å². The molecule has 0 aromatic carbocycles. The zero-order chi connectivity index (χ0) is 15.8. The van der Waals surface area contributed by atoms with Crippen molar-refractivity contribution in [3.63, 3.8) is 0 Å². The summed E-state index contributed by atoms with van der Waals surface area (Å²) in [5, 5.41) is 2.94. The molecule has 1 aliphatic rings. The second kappa shape index (κ2) is 8.76. The van der Waals surface area contributed by atoms with Crippen LogP contribution in [0.2, 0.25) is 0 Å². The summed E-state index contributed by atoms with van der Waals surface area (Å²) in [6.07, 6.45) is 10.2. The number of aromatic nitrogens is 1. The molecule has 1 aliphatic heterocycles. The van der Waals surface area contributed by atoms with E-state index in [1.54, 1.807) is 0 Å². The predicted molar refractivity (Wildman–Crippen MR) is 91.4 cm³/mol. The Morgan fingerprint density at radius 3 is 2.86 bits per heavy atom. The van der Waals surface area contributed by atoms with Crippen LogP contribution in [0, 0.1) is 0 Å². The van der Waals surface area contributed by atoms with Crippen LogP contribution in [0.5, 0.6) is 0 Å². The molecule has 0 radical (unpaired) electrons. The largest absolute Gasteiger partial charge is 0.367 e. The maximum absolute atomic E-state index is 12.0. The van der Waals surface area contributed by atoms with Gasteiger partial charge in [-0.25, -0.2) is 4.98 Å². The van der Waals surface area contributed by atoms with E-state index in [2.05, 4.69) is 29.0 Å². The first kappa shape index (κ1) is 16.8. The molecular formula is C18H29N3O. The maximum atomic E-state index is 12.0. The Hall–Kier alpha value is -1.58. The Labute approximate surface area is 134 Å². The van der Waals surface area contributed by atoms with Crippen molar-refractivity contribution >= 4 is 11.6 Å². The normalized spacial score (nSPS) is 18.3. The molecule has 0 bridgehead atoms. The molecule has 0 aliphatic carbocycles. The van der Waals surface area contributed by atoms with Crippen molar-refractivity contribution in [3.8, 4) is 0 Å². The number of rotatable bonds is 7. The van der Waals surface area contributed by atoms with Gasteiger partial charge in [-0.3, -0.25) is 4.79 Å². The average Bonchev–Trinajstić information content (AvgIpc) is 2.58. The van der Waals surface area contributed by atoms with Crippen molar-refractivity contribution in [2.75, 3.05) is 18.0 Å². The number of nitrogens with one attached hydrogen (secondary N) is 1. The van der Waals surface area contributed by atoms with Crippen LogP contribution in [-0.2, 0) is 0 Å². The Morgan fingerprint density at radius 1 is 1.32 bits per heavy atom. The third-order valence-corrected chi connectivity index (χ3v) is 4.48. The second-order valence-corrected chi connectivity index (χ2v) is 6.12. The van der Waals surface area contributed by atoms with Crippen molar-refractivity contribution in [1.82, 2.24) is 10.3 Å². The predicted octanol–water partition coefficient (Wildman–Crippen LogP) is 3.77. The highest BCUT2D eigenvalue weighted by Gasteiger charge is 2.21. The summed E-state index contributed by atoms with van der Waals surface area (Å²) in [4.78, 5) is 18.8. The molecule has 1 unspecified atom stereocenters. The standard InChI is InChI=1S/C18H29N3O/c1-3-5-7-12-19-18(22)17-11-10-16(14-20-17)21-13-8-6-9-15(21)4-2/h10-11,14-15H,3-9,12-13H2,1-2H3,(H,19,22). The minimum Gasteiger partial charge on any atom is -0.367 e. The highest BCUT2D eigenvalue weighted by molar-refractivity contribution is 5.92. The van der Waals surface area contributed by atoms with Crippen LogP contribution in [0.25, 0.3) is 0 Å². The summed E-state index contributed by atoms with van der Waals surface area (Å²) in [7, 11) is 0. The molecule has 4 heteroatoms. The van der Waals surface area contributed by atoms with Crippen LogP contribution in [0.4, 0.5) is 5.69 Å². The van der Waals surface area contributed by atoms with Crippen molar-refractivity contribution in [3.05, 3.63) is 24.0 Å². The summed E-state index contributed by atoms with van der Waals surface area (Å²) in [5.74, 6) is -0.0617. The lowest BCUT2D eigenvalue weighted by atomic mass is 9.99. The summed E-state index contributed by atoms with van der Waals surface area (Å²) < 4.78 is 0. The first-order chi connectivity index (χ1) is 10.8. The Kier molecular flexibility index (Phi) is 6.69. The van der Waals surface area contributed by atoms with Crippen LogP contribution in [0.15, 0.2) is 18.3 Å². The number of amides is 1. The van der Waals surface area contributed by atoms with Gasteiger partial charge in [-0.15, -0.1) is 0 Å². The number of anilines is 1. The van der Waals surface area contributed by atoms with Crippen LogP contribution in [0.3, 0.4) is 0 Å². The number of carbonyl (C=O) groups excluding carboxylic acids is 1. The van der Waals surface area contributed by atoms with Crippen LogP contribution in [-0.4, -0.2) is 30.0 Å². The topological polar surface area (TPSA) is 45.2 Å². The van der Waals surface area contributed by atoms with Crippen LogP contribution in [0.1, 0.15) is 69.3 Å². The third-order valence-electron chi connectivity index (χ3n) is 4.48. The SMILES string of the molecule is CCCCCNC(=O)c1ccc(N2CCCCC2CC)cn1. The zero-order valence-corrected chi connectivity index (χ0v) is 14.0. The lowest BCUT2D eigenvalue weighted by Crippen LogP contribution is -2.39. The van der Waals surface area contributed by atoms with Crippen molar-refractivity contribution in [2.24, 2.45) is 0 Å². The molecule has 2 heterocycles. The van der Waals surface area contributed by atoms with Gasteiger partial charge in [0.15, 0.2) is 0 Å². The first-order valence-corrected chi connectivity index (χ1v) is 8.77. The van der Waals surface area contributed by atoms with Gasteiger partial charge >= 0.3 is 0 Å². The van der Waals surface area contributed by atoms with Gasteiger partial charge in [0, 0.05) is 19.1 Å². The number of carbonyl (C=O) groups is 1. The molecule has 1 fully saturated rings. The van der Waals surface area contributed by atoms with E-state index < -0.39 is 0 Å². The summed E-state index contributed by atoms with van der Waals surface area (Å²) in [5.41, 5.74) is 1.67. The quantitative estimate of drug-likeness (QED) is 0.780. The monoisotopic (exact) mass is 303 g/mol. The molecular weight excluding hydrogens is 274 g/mol. The second-order valence-electron chi connectivity index (χ2n) is 6.12. The highest BCUT2D eigenvalue weighted by Crippen LogP contribution is 2.25. The minimum absolute atomic E-state index is 0.0617. The summed E-state index contributed by atoms with van der Waals surface area (Å²) in [6.45, 7) is 6.24. The van der Waals surface area contributed by atoms with E-state index >= 15 is 0 Å². The fourth-order valence-corrected chi connectivity index (χ4v) is 3.12. The maximum Gasteiger partial charge on any atom is 0.269 e. The van der Waals surface area contributed by atoms with Gasteiger partial charge in [0.1, 0.15) is 5.69 Å². The molecule has 4 nitrogen and oxygen atoms in total. The zero-order valence-electron chi connectivity index (χ0n) is 14.0. The number of nitrogens with zero attached hydrogens (tertiary/aromatic N) is 2. The van der Waals surface area contributed by atoms with E-state index in [-0.39, 0.29) is 5.91 Å². The third kappa shape index (κ3) is 4.46. The molecule has 1 atom stereocenters. The van der Waals surface area contributed by atoms with Crippen molar-refractivity contribution in [1.29, 1.82) is 0 Å². The van der Waals surface area contributed by atoms with Gasteiger partial charge in [-0.2, -0.15) is 0 Å². The van der Waals surface area contributed by atoms with E-state index in [4.69, 9.17) is 0 Å². The van der Waals surface area contributed by atoms with Crippen molar-refractivity contribution < 1.29 is 4.79 Å². The molecule has 1 aromatic heterocycles. The first-order valence-electron chi connectivity index (χ1n) is 8.77. The lowest BCUT2D eigenvalue weighted by Gasteiger charge is -2.37. The highest BCUT2D eigenvalue weighted by atomic mass is 16.1. The van der Waals surface area contributed by atoms with Gasteiger partial charge in [-0.1, -0.05) is 26.7 Å². The molecule has 0 saturated carbocycles. The number of hydrogen-bond donors (Lipinski definition) is 1. The fraction of sp³-hybridized carbons (Fsp3) is 0.667. The summed E-state index contributed by atoms with van der Waals surface area (Å²) >= 11 is 0. The molecule has 1 N–H and O–H groups in total. The molecule has 1 amide bonds.